The van der Waals surface area contributed by atoms with Crippen LogP contribution in [0.25, 0.3) is 0 Å². The van der Waals surface area contributed by atoms with Gasteiger partial charge in [0.15, 0.2) is 0 Å². The van der Waals surface area contributed by atoms with Crippen LogP contribution < -0.4 is 0 Å². The molecular weight excluding hydrogens is 341 g/mol. The van der Waals surface area contributed by atoms with Crippen LogP contribution in [0.15, 0.2) is 16.7 Å². The Morgan fingerprint density at radius 2 is 2.32 bits per heavy atom. The number of hydrogen-bond acceptors (Lipinski definition) is 4. The van der Waals surface area contributed by atoms with Gasteiger partial charge in [0, 0.05) is 17.3 Å². The van der Waals surface area contributed by atoms with Gasteiger partial charge in [-0.2, -0.15) is 8.42 Å². The van der Waals surface area contributed by atoms with Gasteiger partial charge in [-0.1, -0.05) is 0 Å². The van der Waals surface area contributed by atoms with Crippen LogP contribution in [-0.4, -0.2) is 30.3 Å². The van der Waals surface area contributed by atoms with Crippen molar-refractivity contribution in [2.75, 3.05) is 12.4 Å². The Morgan fingerprint density at radius 3 is 2.95 bits per heavy atom. The second-order valence-corrected chi connectivity index (χ2v) is 6.93. The number of nitrogens with zero attached hydrogens (tertiary/aromatic N) is 1. The minimum atomic E-state index is -4.02. The third-order valence-corrected chi connectivity index (χ3v) is 4.31. The number of ether oxygens (including phenoxy) is 1. The van der Waals surface area contributed by atoms with Gasteiger partial charge in [0.2, 0.25) is 0 Å². The lowest BCUT2D eigenvalue weighted by molar-refractivity contribution is -0.0104. The highest BCUT2D eigenvalue weighted by Crippen LogP contribution is 2.33. The Kier molecular flexibility index (Phi) is 4.54. The second-order valence-electron chi connectivity index (χ2n) is 4.52. The summed E-state index contributed by atoms with van der Waals surface area (Å²) in [5.74, 6) is -1.07. The Morgan fingerprint density at radius 1 is 1.58 bits per heavy atom. The van der Waals surface area contributed by atoms with E-state index >= 15 is 0 Å². The van der Waals surface area contributed by atoms with Crippen LogP contribution in [0.2, 0.25) is 0 Å². The second kappa shape index (κ2) is 5.82. The molecule has 1 aromatic rings. The highest BCUT2D eigenvalue weighted by atomic mass is 79.9. The molecule has 1 aliphatic rings. The smallest absolute Gasteiger partial charge is 0.265 e. The predicted molar refractivity (Wildman–Crippen MR) is 69.7 cm³/mol. The molecule has 2 atom stereocenters. The zero-order valence-corrected chi connectivity index (χ0v) is 12.3. The number of hydrogen-bond donors (Lipinski definition) is 1. The molecule has 1 aliphatic heterocycles. The minimum absolute atomic E-state index is 0.170. The third-order valence-electron chi connectivity index (χ3n) is 2.98. The molecule has 1 aromatic heterocycles. The molecule has 0 saturated carbocycles. The van der Waals surface area contributed by atoms with Crippen molar-refractivity contribution < 1.29 is 22.1 Å². The molecule has 2 rings (SSSR count). The molecule has 0 radical (unpaired) electrons. The monoisotopic (exact) mass is 353 g/mol. The Bertz CT molecular complexity index is 566. The predicted octanol–water partition coefficient (Wildman–Crippen LogP) is 2.34. The van der Waals surface area contributed by atoms with Crippen molar-refractivity contribution in [3.63, 3.8) is 0 Å². The molecule has 2 unspecified atom stereocenters. The van der Waals surface area contributed by atoms with Crippen LogP contribution in [0.5, 0.6) is 0 Å². The standard InChI is InChI=1S/C11H13BrFNO4S/c12-8-4-9(13)11(14-5-8)10-3-7(1-2-18-10)6-19(15,16)17/h4-5,7,10H,1-3,6H2,(H,15,16,17). The first kappa shape index (κ1) is 14.8. The van der Waals surface area contributed by atoms with Gasteiger partial charge in [0.25, 0.3) is 10.1 Å². The Balaban J connectivity index is 2.12. The third kappa shape index (κ3) is 4.20. The number of pyridine rings is 1. The molecule has 106 valence electrons. The molecule has 1 fully saturated rings. The van der Waals surface area contributed by atoms with Gasteiger partial charge >= 0.3 is 0 Å². The SMILES string of the molecule is O=S(=O)(O)CC1CCOC(c2ncc(Br)cc2F)C1. The molecule has 0 spiro atoms. The van der Waals surface area contributed by atoms with Gasteiger partial charge in [-0.05, 0) is 40.8 Å². The van der Waals surface area contributed by atoms with Crippen molar-refractivity contribution in [1.82, 2.24) is 4.98 Å². The lowest BCUT2D eigenvalue weighted by Crippen LogP contribution is -2.26. The fraction of sp³-hybridized carbons (Fsp3) is 0.545. The molecule has 0 aromatic carbocycles. The van der Waals surface area contributed by atoms with E-state index in [9.17, 15) is 12.8 Å². The number of halogens is 2. The van der Waals surface area contributed by atoms with Crippen LogP contribution >= 0.6 is 15.9 Å². The molecule has 0 aliphatic carbocycles. The molecule has 1 saturated heterocycles. The van der Waals surface area contributed by atoms with Gasteiger partial charge in [-0.3, -0.25) is 9.54 Å². The van der Waals surface area contributed by atoms with Gasteiger partial charge in [0.1, 0.15) is 17.6 Å². The van der Waals surface area contributed by atoms with E-state index in [0.717, 1.165) is 0 Å². The van der Waals surface area contributed by atoms with Crippen molar-refractivity contribution in [1.29, 1.82) is 0 Å². The van der Waals surface area contributed by atoms with Crippen molar-refractivity contribution >= 4 is 26.0 Å². The number of rotatable bonds is 3. The average Bonchev–Trinajstić information content (AvgIpc) is 2.26. The highest BCUT2D eigenvalue weighted by Gasteiger charge is 2.29. The van der Waals surface area contributed by atoms with E-state index in [0.29, 0.717) is 23.9 Å². The van der Waals surface area contributed by atoms with Crippen molar-refractivity contribution in [2.24, 2.45) is 5.92 Å². The summed E-state index contributed by atoms with van der Waals surface area (Å²) >= 11 is 3.12. The normalized spacial score (nSPS) is 24.4. The maximum Gasteiger partial charge on any atom is 0.265 e. The summed E-state index contributed by atoms with van der Waals surface area (Å²) < 4.78 is 50.3. The average molecular weight is 354 g/mol. The van der Waals surface area contributed by atoms with E-state index in [1.165, 1.54) is 12.3 Å². The van der Waals surface area contributed by atoms with Crippen molar-refractivity contribution in [3.8, 4) is 0 Å². The lowest BCUT2D eigenvalue weighted by atomic mass is 9.95. The van der Waals surface area contributed by atoms with E-state index in [4.69, 9.17) is 9.29 Å². The summed E-state index contributed by atoms with van der Waals surface area (Å²) in [7, 11) is -4.02. The lowest BCUT2D eigenvalue weighted by Gasteiger charge is -2.28. The first-order valence-electron chi connectivity index (χ1n) is 5.73. The topological polar surface area (TPSA) is 76.5 Å². The molecule has 1 N–H and O–H groups in total. The van der Waals surface area contributed by atoms with E-state index in [1.807, 2.05) is 0 Å². The van der Waals surface area contributed by atoms with E-state index < -0.39 is 22.0 Å². The van der Waals surface area contributed by atoms with E-state index in [2.05, 4.69) is 20.9 Å². The highest BCUT2D eigenvalue weighted by molar-refractivity contribution is 9.10. The van der Waals surface area contributed by atoms with Crippen LogP contribution in [0.1, 0.15) is 24.6 Å². The summed E-state index contributed by atoms with van der Waals surface area (Å²) in [4.78, 5) is 3.97. The van der Waals surface area contributed by atoms with E-state index in [-0.39, 0.29) is 17.4 Å². The summed E-state index contributed by atoms with van der Waals surface area (Å²) in [5.41, 5.74) is 0.170. The summed E-state index contributed by atoms with van der Waals surface area (Å²) in [6.07, 6.45) is 1.74. The number of aromatic nitrogens is 1. The van der Waals surface area contributed by atoms with Crippen LogP contribution in [0.3, 0.4) is 0 Å². The zero-order chi connectivity index (χ0) is 14.0. The fourth-order valence-corrected chi connectivity index (χ4v) is 3.37. The first-order chi connectivity index (χ1) is 8.85. The fourth-order valence-electron chi connectivity index (χ4n) is 2.17. The molecule has 2 heterocycles. The molecular formula is C11H13BrFNO4S. The van der Waals surface area contributed by atoms with Crippen molar-refractivity contribution in [3.05, 3.63) is 28.2 Å². The molecule has 0 amide bonds. The first-order valence-corrected chi connectivity index (χ1v) is 8.13. The Hall–Kier alpha value is -0.570. The van der Waals surface area contributed by atoms with Gasteiger partial charge in [-0.15, -0.1) is 0 Å². The summed E-state index contributed by atoms with van der Waals surface area (Å²) in [5, 5.41) is 0. The maximum absolute atomic E-state index is 13.8. The van der Waals surface area contributed by atoms with E-state index in [1.54, 1.807) is 0 Å². The molecule has 0 bridgehead atoms. The van der Waals surface area contributed by atoms with Gasteiger partial charge < -0.3 is 4.74 Å². The molecule has 19 heavy (non-hydrogen) atoms. The van der Waals surface area contributed by atoms with Gasteiger partial charge in [0.05, 0.1) is 5.75 Å². The zero-order valence-electron chi connectivity index (χ0n) is 9.92. The molecule has 5 nitrogen and oxygen atoms in total. The largest absolute Gasteiger partial charge is 0.372 e. The Labute approximate surface area is 119 Å². The van der Waals surface area contributed by atoms with Crippen molar-refractivity contribution in [2.45, 2.75) is 18.9 Å². The quantitative estimate of drug-likeness (QED) is 0.844. The van der Waals surface area contributed by atoms with Gasteiger partial charge in [-0.25, -0.2) is 4.39 Å². The maximum atomic E-state index is 13.8. The van der Waals surface area contributed by atoms with Crippen LogP contribution in [0.4, 0.5) is 4.39 Å². The minimum Gasteiger partial charge on any atom is -0.372 e. The van der Waals surface area contributed by atoms with Crippen LogP contribution in [0, 0.1) is 11.7 Å². The van der Waals surface area contributed by atoms with Crippen LogP contribution in [-0.2, 0) is 14.9 Å². The summed E-state index contributed by atoms with van der Waals surface area (Å²) in [6, 6.07) is 1.29. The molecule has 8 heteroatoms. The summed E-state index contributed by atoms with van der Waals surface area (Å²) in [6.45, 7) is 0.321.